The van der Waals surface area contributed by atoms with Gasteiger partial charge in [0.05, 0.1) is 25.4 Å². The second kappa shape index (κ2) is 77.1. The Bertz CT molecular complexity index is 1320. The second-order valence-corrected chi connectivity index (χ2v) is 28.1. The molecule has 0 heterocycles. The van der Waals surface area contributed by atoms with Crippen LogP contribution in [0.4, 0.5) is 0 Å². The van der Waals surface area contributed by atoms with Crippen LogP contribution in [-0.4, -0.2) is 47.4 Å². The molecule has 6 heteroatoms. The lowest BCUT2D eigenvalue weighted by Crippen LogP contribution is -2.45. The van der Waals surface area contributed by atoms with Gasteiger partial charge in [0.15, 0.2) is 0 Å². The molecule has 1 amide bonds. The molecule has 0 aromatic heterocycles. The van der Waals surface area contributed by atoms with E-state index < -0.39 is 12.1 Å². The van der Waals surface area contributed by atoms with Crippen molar-refractivity contribution in [3.05, 3.63) is 12.2 Å². The number of allylic oxidation sites excluding steroid dienone is 2. The van der Waals surface area contributed by atoms with Crippen LogP contribution in [0.25, 0.3) is 0 Å². The Balaban J connectivity index is 3.32. The Labute approximate surface area is 546 Å². The molecular formula is C81H159NO5. The number of unbranched alkanes of at least 4 members (excludes halogenated alkanes) is 64. The SMILES string of the molecule is CCCCCCCC/C=C\CCCCCCCCCC(=O)OCCCCCCCCCCCCCCCCCCCCCCCCCCCCCCCCCC(=O)NC(CO)C(O)CCCCCCCCCCCCCCCCCCCCCCCC. The van der Waals surface area contributed by atoms with Crippen molar-refractivity contribution in [1.82, 2.24) is 5.32 Å². The van der Waals surface area contributed by atoms with Crippen LogP contribution in [0.5, 0.6) is 0 Å². The molecule has 0 radical (unpaired) electrons. The maximum Gasteiger partial charge on any atom is 0.305 e. The molecule has 6 nitrogen and oxygen atoms in total. The average Bonchev–Trinajstić information content (AvgIpc) is 3.53. The van der Waals surface area contributed by atoms with Crippen molar-refractivity contribution in [2.45, 2.75) is 482 Å². The number of hydrogen-bond donors (Lipinski definition) is 3. The van der Waals surface area contributed by atoms with Crippen molar-refractivity contribution in [1.29, 1.82) is 0 Å². The first kappa shape index (κ1) is 85.6. The summed E-state index contributed by atoms with van der Waals surface area (Å²) in [6.45, 7) is 5.01. The van der Waals surface area contributed by atoms with Gasteiger partial charge in [0.25, 0.3) is 0 Å². The highest BCUT2D eigenvalue weighted by Crippen LogP contribution is 2.21. The molecule has 0 aromatic carbocycles. The van der Waals surface area contributed by atoms with Gasteiger partial charge in [-0.2, -0.15) is 0 Å². The highest BCUT2D eigenvalue weighted by molar-refractivity contribution is 5.76. The topological polar surface area (TPSA) is 95.9 Å². The number of amides is 1. The van der Waals surface area contributed by atoms with Crippen molar-refractivity contribution in [3.8, 4) is 0 Å². The molecular weight excluding hydrogens is 1070 g/mol. The molecule has 0 aliphatic rings. The molecule has 0 fully saturated rings. The van der Waals surface area contributed by atoms with E-state index in [1.165, 1.54) is 392 Å². The van der Waals surface area contributed by atoms with Crippen LogP contribution >= 0.6 is 0 Å². The summed E-state index contributed by atoms with van der Waals surface area (Å²) in [5, 5.41) is 23.5. The molecule has 0 bridgehead atoms. The summed E-state index contributed by atoms with van der Waals surface area (Å²) >= 11 is 0. The summed E-state index contributed by atoms with van der Waals surface area (Å²) in [5.74, 6) is -0.00604. The molecule has 2 unspecified atom stereocenters. The third kappa shape index (κ3) is 73.5. The highest BCUT2D eigenvalue weighted by atomic mass is 16.5. The predicted octanol–water partition coefficient (Wildman–Crippen LogP) is 26.7. The fraction of sp³-hybridized carbons (Fsp3) is 0.951. The van der Waals surface area contributed by atoms with Crippen molar-refractivity contribution < 1.29 is 24.5 Å². The molecule has 0 spiro atoms. The van der Waals surface area contributed by atoms with Gasteiger partial charge in [0.2, 0.25) is 5.91 Å². The zero-order valence-electron chi connectivity index (χ0n) is 59.5. The molecule has 0 aliphatic heterocycles. The van der Waals surface area contributed by atoms with Crippen LogP contribution in [0.3, 0.4) is 0 Å². The van der Waals surface area contributed by atoms with Crippen LogP contribution in [-0.2, 0) is 14.3 Å². The number of aliphatic hydroxyl groups excluding tert-OH is 2. The minimum absolute atomic E-state index is 0.0187. The summed E-state index contributed by atoms with van der Waals surface area (Å²) in [5.41, 5.74) is 0. The van der Waals surface area contributed by atoms with Gasteiger partial charge in [-0.15, -0.1) is 0 Å². The lowest BCUT2D eigenvalue weighted by Gasteiger charge is -2.22. The maximum absolute atomic E-state index is 12.6. The van der Waals surface area contributed by atoms with E-state index in [1.54, 1.807) is 0 Å². The van der Waals surface area contributed by atoms with E-state index in [-0.39, 0.29) is 18.5 Å². The standard InChI is InChI=1S/C81H159NO5/c1-3-5-7-9-11-13-15-17-19-21-22-23-35-38-42-45-49-53-57-61-65-69-73-79(84)78(77-83)82-80(85)74-70-66-62-58-54-50-46-43-39-36-33-31-29-27-25-24-26-28-30-32-34-37-40-44-48-52-56-60-64-68-72-76-87-81(86)75-71-67-63-59-55-51-47-41-20-18-16-14-12-10-8-6-4-2/h18,20,78-79,83-84H,3-17,19,21-77H2,1-2H3,(H,82,85)/b20-18-. The Morgan fingerprint density at radius 2 is 0.540 bits per heavy atom. The largest absolute Gasteiger partial charge is 0.466 e. The van der Waals surface area contributed by atoms with Crippen molar-refractivity contribution >= 4 is 11.9 Å². The highest BCUT2D eigenvalue weighted by Gasteiger charge is 2.20. The minimum atomic E-state index is -0.662. The number of rotatable bonds is 77. The van der Waals surface area contributed by atoms with Crippen molar-refractivity contribution in [3.63, 3.8) is 0 Å². The zero-order valence-corrected chi connectivity index (χ0v) is 59.5. The van der Waals surface area contributed by atoms with Gasteiger partial charge in [-0.1, -0.05) is 418 Å². The number of carbonyl (C=O) groups excluding carboxylic acids is 2. The van der Waals surface area contributed by atoms with Crippen LogP contribution in [0.2, 0.25) is 0 Å². The first-order chi connectivity index (χ1) is 43.0. The summed E-state index contributed by atoms with van der Waals surface area (Å²) in [6.07, 6.45) is 97.4. The Morgan fingerprint density at radius 3 is 0.816 bits per heavy atom. The van der Waals surface area contributed by atoms with Gasteiger partial charge in [0, 0.05) is 12.8 Å². The number of esters is 1. The van der Waals surface area contributed by atoms with Crippen molar-refractivity contribution in [2.24, 2.45) is 0 Å². The second-order valence-electron chi connectivity index (χ2n) is 28.1. The van der Waals surface area contributed by atoms with Crippen LogP contribution in [0, 0.1) is 0 Å². The zero-order chi connectivity index (χ0) is 62.8. The van der Waals surface area contributed by atoms with Crippen LogP contribution in [0.15, 0.2) is 12.2 Å². The lowest BCUT2D eigenvalue weighted by molar-refractivity contribution is -0.143. The van der Waals surface area contributed by atoms with E-state index in [0.717, 1.165) is 44.9 Å². The van der Waals surface area contributed by atoms with Gasteiger partial charge >= 0.3 is 5.97 Å². The Hall–Kier alpha value is -1.40. The molecule has 2 atom stereocenters. The molecule has 0 aromatic rings. The Morgan fingerprint density at radius 1 is 0.310 bits per heavy atom. The van der Waals surface area contributed by atoms with E-state index in [9.17, 15) is 19.8 Å². The monoisotopic (exact) mass is 1230 g/mol. The van der Waals surface area contributed by atoms with E-state index in [1.807, 2.05) is 0 Å². The van der Waals surface area contributed by atoms with E-state index in [4.69, 9.17) is 4.74 Å². The molecule has 518 valence electrons. The quantitative estimate of drug-likeness (QED) is 0.0320. The fourth-order valence-corrected chi connectivity index (χ4v) is 13.2. The minimum Gasteiger partial charge on any atom is -0.466 e. The normalized spacial score (nSPS) is 12.5. The average molecular weight is 1230 g/mol. The van der Waals surface area contributed by atoms with E-state index >= 15 is 0 Å². The number of nitrogens with one attached hydrogen (secondary N) is 1. The first-order valence-electron chi connectivity index (χ1n) is 40.4. The maximum atomic E-state index is 12.6. The van der Waals surface area contributed by atoms with Gasteiger partial charge in [-0.25, -0.2) is 0 Å². The molecule has 0 rings (SSSR count). The van der Waals surface area contributed by atoms with E-state index in [2.05, 4.69) is 31.3 Å². The summed E-state index contributed by atoms with van der Waals surface area (Å²) in [6, 6.07) is -0.539. The first-order valence-corrected chi connectivity index (χ1v) is 40.4. The third-order valence-electron chi connectivity index (χ3n) is 19.3. The van der Waals surface area contributed by atoms with Gasteiger partial charge < -0.3 is 20.3 Å². The molecule has 0 saturated heterocycles. The summed E-state index contributed by atoms with van der Waals surface area (Å²) in [4.78, 5) is 24.7. The smallest absolute Gasteiger partial charge is 0.305 e. The van der Waals surface area contributed by atoms with Crippen LogP contribution < -0.4 is 5.32 Å². The van der Waals surface area contributed by atoms with Gasteiger partial charge in [-0.05, 0) is 51.4 Å². The summed E-state index contributed by atoms with van der Waals surface area (Å²) in [7, 11) is 0. The number of aliphatic hydroxyl groups is 2. The molecule has 3 N–H and O–H groups in total. The summed E-state index contributed by atoms with van der Waals surface area (Å²) < 4.78 is 5.51. The predicted molar refractivity (Wildman–Crippen MR) is 384 cm³/mol. The van der Waals surface area contributed by atoms with Crippen LogP contribution in [0.1, 0.15) is 470 Å². The number of ether oxygens (including phenoxy) is 1. The van der Waals surface area contributed by atoms with Gasteiger partial charge in [-0.3, -0.25) is 9.59 Å². The third-order valence-corrected chi connectivity index (χ3v) is 19.3. The number of carbonyl (C=O) groups is 2. The molecule has 0 aliphatic carbocycles. The molecule has 87 heavy (non-hydrogen) atoms. The van der Waals surface area contributed by atoms with Gasteiger partial charge in [0.1, 0.15) is 0 Å². The molecule has 0 saturated carbocycles. The lowest BCUT2D eigenvalue weighted by atomic mass is 10.0. The van der Waals surface area contributed by atoms with Crippen molar-refractivity contribution in [2.75, 3.05) is 13.2 Å². The fourth-order valence-electron chi connectivity index (χ4n) is 13.2. The van der Waals surface area contributed by atoms with E-state index in [0.29, 0.717) is 25.9 Å². The Kier molecular flexibility index (Phi) is 75.8. The number of hydrogen-bond acceptors (Lipinski definition) is 5.